The van der Waals surface area contributed by atoms with Crippen LogP contribution in [0.15, 0.2) is 59.8 Å². The molecule has 2 aromatic rings. The third kappa shape index (κ3) is 3.77. The molecule has 0 saturated carbocycles. The Hall–Kier alpha value is -3.32. The second-order valence-electron chi connectivity index (χ2n) is 7.79. The van der Waals surface area contributed by atoms with Gasteiger partial charge in [0.2, 0.25) is 5.91 Å². The van der Waals surface area contributed by atoms with Gasteiger partial charge in [-0.2, -0.15) is 0 Å². The van der Waals surface area contributed by atoms with Crippen molar-refractivity contribution in [3.8, 4) is 0 Å². The molecular formula is C23H23ClN4O3. The second kappa shape index (κ2) is 8.07. The monoisotopic (exact) mass is 438 g/mol. The minimum atomic E-state index is -0.727. The van der Waals surface area contributed by atoms with Gasteiger partial charge in [0, 0.05) is 17.8 Å². The van der Waals surface area contributed by atoms with Gasteiger partial charge in [0.25, 0.3) is 5.91 Å². The maximum atomic E-state index is 13.4. The average molecular weight is 439 g/mol. The van der Waals surface area contributed by atoms with E-state index < -0.39 is 12.1 Å². The maximum absolute atomic E-state index is 13.4. The van der Waals surface area contributed by atoms with E-state index in [1.54, 1.807) is 38.2 Å². The van der Waals surface area contributed by atoms with Crippen LogP contribution < -0.4 is 10.6 Å². The number of carbonyl (C=O) groups is 3. The summed E-state index contributed by atoms with van der Waals surface area (Å²) in [6.45, 7) is 3.82. The predicted molar refractivity (Wildman–Crippen MR) is 118 cm³/mol. The quantitative estimate of drug-likeness (QED) is 0.766. The van der Waals surface area contributed by atoms with E-state index in [0.717, 1.165) is 5.56 Å². The Morgan fingerprint density at radius 2 is 1.84 bits per heavy atom. The topological polar surface area (TPSA) is 81.8 Å². The summed E-state index contributed by atoms with van der Waals surface area (Å²) in [6.07, 6.45) is 0. The smallest absolute Gasteiger partial charge is 0.322 e. The van der Waals surface area contributed by atoms with Crippen molar-refractivity contribution in [1.29, 1.82) is 0 Å². The van der Waals surface area contributed by atoms with E-state index >= 15 is 0 Å². The number of amides is 4. The molecule has 0 radical (unpaired) electrons. The predicted octanol–water partition coefficient (Wildman–Crippen LogP) is 3.47. The second-order valence-corrected chi connectivity index (χ2v) is 8.19. The highest BCUT2D eigenvalue weighted by Gasteiger charge is 2.45. The molecule has 0 aliphatic carbocycles. The Kier molecular flexibility index (Phi) is 5.45. The molecule has 2 aromatic carbocycles. The van der Waals surface area contributed by atoms with Crippen LogP contribution in [-0.4, -0.2) is 47.3 Å². The minimum absolute atomic E-state index is 0.168. The molecule has 31 heavy (non-hydrogen) atoms. The third-order valence-electron chi connectivity index (χ3n) is 5.77. The van der Waals surface area contributed by atoms with Crippen molar-refractivity contribution in [3.05, 3.63) is 76.0 Å². The van der Waals surface area contributed by atoms with Crippen molar-refractivity contribution in [3.63, 3.8) is 0 Å². The van der Waals surface area contributed by atoms with Crippen LogP contribution >= 0.6 is 11.6 Å². The molecule has 0 aromatic heterocycles. The summed E-state index contributed by atoms with van der Waals surface area (Å²) < 4.78 is 0. The van der Waals surface area contributed by atoms with E-state index in [1.165, 1.54) is 9.80 Å². The Labute approximate surface area is 185 Å². The van der Waals surface area contributed by atoms with E-state index in [0.29, 0.717) is 27.5 Å². The maximum Gasteiger partial charge on any atom is 0.322 e. The number of nitrogens with zero attached hydrogens (tertiary/aromatic N) is 2. The number of rotatable bonds is 4. The van der Waals surface area contributed by atoms with Crippen molar-refractivity contribution in [1.82, 2.24) is 15.1 Å². The Morgan fingerprint density at radius 1 is 1.16 bits per heavy atom. The number of carbonyl (C=O) groups excluding carboxylic acids is 3. The molecule has 2 aliphatic rings. The molecule has 0 fully saturated rings. The van der Waals surface area contributed by atoms with Crippen LogP contribution in [0.25, 0.3) is 0 Å². The number of urea groups is 1. The molecule has 8 heteroatoms. The summed E-state index contributed by atoms with van der Waals surface area (Å²) in [5.41, 5.74) is 3.40. The van der Waals surface area contributed by atoms with Gasteiger partial charge in [-0.3, -0.25) is 14.5 Å². The van der Waals surface area contributed by atoms with Crippen molar-refractivity contribution in [2.24, 2.45) is 0 Å². The molecule has 160 valence electrons. The van der Waals surface area contributed by atoms with Gasteiger partial charge in [0.05, 0.1) is 23.9 Å². The fourth-order valence-corrected chi connectivity index (χ4v) is 4.11. The largest absolute Gasteiger partial charge is 0.326 e. The highest BCUT2D eigenvalue weighted by molar-refractivity contribution is 6.31. The zero-order valence-electron chi connectivity index (χ0n) is 17.5. The Bertz CT molecular complexity index is 1100. The van der Waals surface area contributed by atoms with Gasteiger partial charge >= 0.3 is 6.03 Å². The lowest BCUT2D eigenvalue weighted by Crippen LogP contribution is -2.45. The molecular weight excluding hydrogens is 416 g/mol. The summed E-state index contributed by atoms with van der Waals surface area (Å²) in [4.78, 5) is 41.7. The van der Waals surface area contributed by atoms with Gasteiger partial charge in [0.1, 0.15) is 6.04 Å². The van der Waals surface area contributed by atoms with Gasteiger partial charge in [-0.1, -0.05) is 47.5 Å². The molecule has 0 bridgehead atoms. The lowest BCUT2D eigenvalue weighted by molar-refractivity contribution is -0.133. The number of aryl methyl sites for hydroxylation is 1. The summed E-state index contributed by atoms with van der Waals surface area (Å²) in [5.74, 6) is -0.591. The number of benzene rings is 2. The SMILES string of the molecule is Cc1ccc(NC(=O)[C@H](C)N2CC3=C(C2=O)[C@H](c2ccccc2Cl)NC(=O)N3C)cc1. The van der Waals surface area contributed by atoms with Crippen LogP contribution in [0, 0.1) is 6.92 Å². The molecule has 7 nitrogen and oxygen atoms in total. The van der Waals surface area contributed by atoms with E-state index in [-0.39, 0.29) is 24.4 Å². The lowest BCUT2D eigenvalue weighted by Gasteiger charge is -2.31. The molecule has 0 unspecified atom stereocenters. The standard InChI is InChI=1S/C23H23ClN4O3/c1-13-8-10-15(11-9-13)25-21(29)14(2)28-12-18-19(22(28)30)20(26-23(31)27(18)3)16-6-4-5-7-17(16)24/h4-11,14,20H,12H2,1-3H3,(H,25,29)(H,26,31)/t14-,20-/m0/s1. The highest BCUT2D eigenvalue weighted by atomic mass is 35.5. The zero-order chi connectivity index (χ0) is 22.3. The summed E-state index contributed by atoms with van der Waals surface area (Å²) in [7, 11) is 1.61. The molecule has 4 rings (SSSR count). The fourth-order valence-electron chi connectivity index (χ4n) is 3.87. The number of hydrogen-bond acceptors (Lipinski definition) is 3. The van der Waals surface area contributed by atoms with Crippen molar-refractivity contribution in [2.75, 3.05) is 18.9 Å². The molecule has 2 N–H and O–H groups in total. The number of anilines is 1. The highest BCUT2D eigenvalue weighted by Crippen LogP contribution is 2.38. The Morgan fingerprint density at radius 3 is 2.52 bits per heavy atom. The third-order valence-corrected chi connectivity index (χ3v) is 6.11. The summed E-state index contributed by atoms with van der Waals surface area (Å²) in [6, 6.07) is 12.8. The van der Waals surface area contributed by atoms with Crippen LogP contribution in [0.5, 0.6) is 0 Å². The summed E-state index contributed by atoms with van der Waals surface area (Å²) in [5, 5.41) is 6.17. The van der Waals surface area contributed by atoms with Crippen LogP contribution in [0.3, 0.4) is 0 Å². The molecule has 2 aliphatic heterocycles. The van der Waals surface area contributed by atoms with Gasteiger partial charge in [-0.05, 0) is 37.6 Å². The molecule has 2 atom stereocenters. The van der Waals surface area contributed by atoms with Gasteiger partial charge in [-0.25, -0.2) is 4.79 Å². The van der Waals surface area contributed by atoms with E-state index in [9.17, 15) is 14.4 Å². The summed E-state index contributed by atoms with van der Waals surface area (Å²) >= 11 is 6.35. The Balaban J connectivity index is 1.60. The molecule has 4 amide bonds. The molecule has 2 heterocycles. The first-order valence-corrected chi connectivity index (χ1v) is 10.4. The van der Waals surface area contributed by atoms with Crippen molar-refractivity contribution >= 4 is 35.1 Å². The van der Waals surface area contributed by atoms with Crippen molar-refractivity contribution < 1.29 is 14.4 Å². The van der Waals surface area contributed by atoms with E-state index in [2.05, 4.69) is 10.6 Å². The van der Waals surface area contributed by atoms with Crippen LogP contribution in [0.2, 0.25) is 5.02 Å². The van der Waals surface area contributed by atoms with Crippen molar-refractivity contribution in [2.45, 2.75) is 25.9 Å². The first-order valence-electron chi connectivity index (χ1n) is 9.98. The average Bonchev–Trinajstić information content (AvgIpc) is 3.10. The number of halogens is 1. The van der Waals surface area contributed by atoms with Crippen LogP contribution in [-0.2, 0) is 9.59 Å². The number of nitrogens with one attached hydrogen (secondary N) is 2. The normalized spacial score (nSPS) is 19.3. The van der Waals surface area contributed by atoms with Gasteiger partial charge in [-0.15, -0.1) is 0 Å². The molecule has 0 spiro atoms. The first-order chi connectivity index (χ1) is 14.8. The fraction of sp³-hybridized carbons (Fsp3) is 0.261. The minimum Gasteiger partial charge on any atom is -0.326 e. The van der Waals surface area contributed by atoms with Gasteiger partial charge < -0.3 is 15.5 Å². The lowest BCUT2D eigenvalue weighted by atomic mass is 9.95. The zero-order valence-corrected chi connectivity index (χ0v) is 18.2. The van der Waals surface area contributed by atoms with Gasteiger partial charge in [0.15, 0.2) is 0 Å². The first kappa shape index (κ1) is 20.9. The van der Waals surface area contributed by atoms with Crippen LogP contribution in [0.4, 0.5) is 10.5 Å². The van der Waals surface area contributed by atoms with Crippen LogP contribution in [0.1, 0.15) is 24.1 Å². The number of likely N-dealkylation sites (N-methyl/N-ethyl adjacent to an activating group) is 1. The molecule has 0 saturated heterocycles. The number of hydrogen-bond donors (Lipinski definition) is 2. The van der Waals surface area contributed by atoms with E-state index in [4.69, 9.17) is 11.6 Å². The van der Waals surface area contributed by atoms with E-state index in [1.807, 2.05) is 31.2 Å².